The summed E-state index contributed by atoms with van der Waals surface area (Å²) in [7, 11) is -1.54. The predicted molar refractivity (Wildman–Crippen MR) is 130 cm³/mol. The molecule has 5 aromatic rings. The molecule has 0 aliphatic carbocycles. The predicted octanol–water partition coefficient (Wildman–Crippen LogP) is 7.17. The van der Waals surface area contributed by atoms with Crippen LogP contribution in [-0.4, -0.2) is 13.1 Å². The van der Waals surface area contributed by atoms with Crippen molar-refractivity contribution < 1.29 is 4.42 Å². The highest BCUT2D eigenvalue weighted by Gasteiger charge is 2.22. The monoisotopic (exact) mass is 407 g/mol. The van der Waals surface area contributed by atoms with Gasteiger partial charge in [0, 0.05) is 22.5 Å². The number of rotatable bonds is 3. The molecule has 0 aliphatic heterocycles. The van der Waals surface area contributed by atoms with Crippen LogP contribution < -0.4 is 5.19 Å². The number of fused-ring (bicyclic) bond motifs is 3. The standard InChI is InChI=1S/C27H25NOSi/c1-18-9-11-19(12-10-18)22-16-24(28-17-27(22)30(2,3)4)20-13-14-26-23(15-20)21-7-5-6-8-25(21)29-26/h5-17H,1-4H3. The quantitative estimate of drug-likeness (QED) is 0.296. The van der Waals surface area contributed by atoms with Crippen molar-refractivity contribution in [3.8, 4) is 22.4 Å². The Hall–Kier alpha value is -3.17. The van der Waals surface area contributed by atoms with Gasteiger partial charge in [0.05, 0.1) is 13.8 Å². The first kappa shape index (κ1) is 18.8. The number of hydrogen-bond donors (Lipinski definition) is 0. The lowest BCUT2D eigenvalue weighted by Crippen LogP contribution is -2.39. The number of benzene rings is 3. The number of aryl methyl sites for hydroxylation is 1. The highest BCUT2D eigenvalue weighted by molar-refractivity contribution is 6.89. The highest BCUT2D eigenvalue weighted by Crippen LogP contribution is 2.33. The Morgan fingerprint density at radius 3 is 2.20 bits per heavy atom. The summed E-state index contributed by atoms with van der Waals surface area (Å²) in [4.78, 5) is 4.89. The van der Waals surface area contributed by atoms with Crippen molar-refractivity contribution in [2.24, 2.45) is 0 Å². The smallest absolute Gasteiger partial charge is 0.135 e. The maximum atomic E-state index is 6.00. The van der Waals surface area contributed by atoms with Crippen molar-refractivity contribution in [2.75, 3.05) is 0 Å². The molecule has 2 nitrogen and oxygen atoms in total. The van der Waals surface area contributed by atoms with E-state index in [0.717, 1.165) is 33.2 Å². The minimum Gasteiger partial charge on any atom is -0.456 e. The van der Waals surface area contributed by atoms with Crippen molar-refractivity contribution in [1.29, 1.82) is 0 Å². The van der Waals surface area contributed by atoms with Gasteiger partial charge in [0.2, 0.25) is 0 Å². The molecule has 2 aromatic heterocycles. The van der Waals surface area contributed by atoms with E-state index in [4.69, 9.17) is 9.40 Å². The van der Waals surface area contributed by atoms with Gasteiger partial charge >= 0.3 is 0 Å². The third-order valence-electron chi connectivity index (χ3n) is 5.75. The molecule has 0 spiro atoms. The lowest BCUT2D eigenvalue weighted by Gasteiger charge is -2.21. The highest BCUT2D eigenvalue weighted by atomic mass is 28.3. The van der Waals surface area contributed by atoms with Crippen LogP contribution >= 0.6 is 0 Å². The molecule has 0 N–H and O–H groups in total. The number of para-hydroxylation sites is 1. The van der Waals surface area contributed by atoms with E-state index in [9.17, 15) is 0 Å². The van der Waals surface area contributed by atoms with Crippen LogP contribution in [0.5, 0.6) is 0 Å². The van der Waals surface area contributed by atoms with Crippen LogP contribution in [0.4, 0.5) is 0 Å². The van der Waals surface area contributed by atoms with Crippen LogP contribution in [0.2, 0.25) is 19.6 Å². The molecular formula is C27H25NOSi. The summed E-state index contributed by atoms with van der Waals surface area (Å²) in [6.45, 7) is 9.27. The summed E-state index contributed by atoms with van der Waals surface area (Å²) in [5, 5.41) is 3.67. The SMILES string of the molecule is Cc1ccc(-c2cc(-c3ccc4oc5ccccc5c4c3)ncc2[Si](C)(C)C)cc1. The molecule has 148 valence electrons. The second-order valence-corrected chi connectivity index (χ2v) is 14.1. The molecule has 0 aliphatic rings. The van der Waals surface area contributed by atoms with E-state index in [1.807, 2.05) is 12.1 Å². The first-order valence-electron chi connectivity index (χ1n) is 10.4. The van der Waals surface area contributed by atoms with Crippen LogP contribution in [0.3, 0.4) is 0 Å². The fourth-order valence-electron chi connectivity index (χ4n) is 4.07. The van der Waals surface area contributed by atoms with E-state index >= 15 is 0 Å². The maximum absolute atomic E-state index is 6.00. The third-order valence-corrected chi connectivity index (χ3v) is 7.76. The van der Waals surface area contributed by atoms with Gasteiger partial charge in [-0.15, -0.1) is 0 Å². The molecule has 0 atom stereocenters. The molecule has 0 bridgehead atoms. The van der Waals surface area contributed by atoms with E-state index in [1.54, 1.807) is 0 Å². The first-order chi connectivity index (χ1) is 14.4. The van der Waals surface area contributed by atoms with E-state index in [0.29, 0.717) is 0 Å². The van der Waals surface area contributed by atoms with Crippen molar-refractivity contribution in [3.05, 3.63) is 84.6 Å². The Labute approximate surface area is 178 Å². The van der Waals surface area contributed by atoms with E-state index in [-0.39, 0.29) is 0 Å². The summed E-state index contributed by atoms with van der Waals surface area (Å²) in [5.41, 5.74) is 7.79. The molecule has 30 heavy (non-hydrogen) atoms. The maximum Gasteiger partial charge on any atom is 0.135 e. The average Bonchev–Trinajstić information content (AvgIpc) is 3.11. The minimum absolute atomic E-state index is 0.914. The van der Waals surface area contributed by atoms with Gasteiger partial charge in [-0.1, -0.05) is 67.7 Å². The zero-order valence-electron chi connectivity index (χ0n) is 17.9. The van der Waals surface area contributed by atoms with Crippen molar-refractivity contribution in [1.82, 2.24) is 4.98 Å². The Kier molecular flexibility index (Phi) is 4.37. The Morgan fingerprint density at radius 1 is 0.733 bits per heavy atom. The molecular weight excluding hydrogens is 382 g/mol. The van der Waals surface area contributed by atoms with Gasteiger partial charge in [0.1, 0.15) is 11.2 Å². The Bertz CT molecular complexity index is 1370. The molecule has 0 fully saturated rings. The minimum atomic E-state index is -1.54. The summed E-state index contributed by atoms with van der Waals surface area (Å²) in [6.07, 6.45) is 2.11. The third kappa shape index (κ3) is 3.25. The molecule has 2 heterocycles. The largest absolute Gasteiger partial charge is 0.456 e. The lowest BCUT2D eigenvalue weighted by atomic mass is 10.0. The zero-order chi connectivity index (χ0) is 20.9. The summed E-state index contributed by atoms with van der Waals surface area (Å²) >= 11 is 0. The van der Waals surface area contributed by atoms with E-state index in [2.05, 4.69) is 93.4 Å². The first-order valence-corrected chi connectivity index (χ1v) is 13.9. The van der Waals surface area contributed by atoms with Crippen LogP contribution in [0.25, 0.3) is 44.3 Å². The normalized spacial score (nSPS) is 12.0. The second kappa shape index (κ2) is 6.96. The molecule has 0 radical (unpaired) electrons. The van der Waals surface area contributed by atoms with Crippen LogP contribution in [-0.2, 0) is 0 Å². The van der Waals surface area contributed by atoms with Crippen LogP contribution in [0.15, 0.2) is 83.4 Å². The molecule has 5 rings (SSSR count). The molecule has 0 amide bonds. The molecule has 0 unspecified atom stereocenters. The fourth-order valence-corrected chi connectivity index (χ4v) is 5.54. The van der Waals surface area contributed by atoms with Crippen LogP contribution in [0.1, 0.15) is 5.56 Å². The average molecular weight is 408 g/mol. The van der Waals surface area contributed by atoms with Crippen LogP contribution in [0, 0.1) is 6.92 Å². The Morgan fingerprint density at radius 2 is 1.43 bits per heavy atom. The summed E-state index contributed by atoms with van der Waals surface area (Å²) in [5.74, 6) is 0. The van der Waals surface area contributed by atoms with Crippen molar-refractivity contribution in [3.63, 3.8) is 0 Å². The van der Waals surface area contributed by atoms with Gasteiger partial charge in [0.15, 0.2) is 0 Å². The number of aromatic nitrogens is 1. The topological polar surface area (TPSA) is 26.0 Å². The summed E-state index contributed by atoms with van der Waals surface area (Å²) in [6, 6.07) is 25.7. The van der Waals surface area contributed by atoms with Gasteiger partial charge < -0.3 is 4.42 Å². The van der Waals surface area contributed by atoms with Gasteiger partial charge in [-0.3, -0.25) is 4.98 Å². The number of nitrogens with zero attached hydrogens (tertiary/aromatic N) is 1. The van der Waals surface area contributed by atoms with E-state index < -0.39 is 8.07 Å². The fraction of sp³-hybridized carbons (Fsp3) is 0.148. The number of hydrogen-bond acceptors (Lipinski definition) is 2. The number of furan rings is 1. The van der Waals surface area contributed by atoms with Gasteiger partial charge in [0.25, 0.3) is 0 Å². The zero-order valence-corrected chi connectivity index (χ0v) is 18.9. The van der Waals surface area contributed by atoms with E-state index in [1.165, 1.54) is 21.9 Å². The molecule has 0 saturated heterocycles. The second-order valence-electron chi connectivity index (χ2n) is 9.04. The van der Waals surface area contributed by atoms with Crippen molar-refractivity contribution >= 4 is 35.2 Å². The van der Waals surface area contributed by atoms with Gasteiger partial charge in [-0.05, 0) is 53.6 Å². The summed E-state index contributed by atoms with van der Waals surface area (Å²) < 4.78 is 6.00. The molecule has 0 saturated carbocycles. The molecule has 3 aromatic carbocycles. The van der Waals surface area contributed by atoms with Crippen molar-refractivity contribution in [2.45, 2.75) is 26.6 Å². The number of pyridine rings is 1. The Balaban J connectivity index is 1.70. The molecule has 3 heteroatoms. The van der Waals surface area contributed by atoms with Gasteiger partial charge in [-0.25, -0.2) is 0 Å². The lowest BCUT2D eigenvalue weighted by molar-refractivity contribution is 0.669. The van der Waals surface area contributed by atoms with Gasteiger partial charge in [-0.2, -0.15) is 0 Å².